The van der Waals surface area contributed by atoms with E-state index in [2.05, 4.69) is 11.9 Å². The fourth-order valence-corrected chi connectivity index (χ4v) is 3.87. The average Bonchev–Trinajstić information content (AvgIpc) is 2.39. The molecule has 2 aliphatic heterocycles. The van der Waals surface area contributed by atoms with Crippen molar-refractivity contribution in [2.75, 3.05) is 26.7 Å². The molecular weight excluding hydrogens is 268 g/mol. The number of aliphatic carboxylic acids is 1. The summed E-state index contributed by atoms with van der Waals surface area (Å²) in [6.45, 7) is 6.74. The number of likely N-dealkylation sites (tertiary alicyclic amines) is 2. The maximum absolute atomic E-state index is 12.2. The van der Waals surface area contributed by atoms with Crippen molar-refractivity contribution in [2.24, 2.45) is 17.8 Å². The van der Waals surface area contributed by atoms with Crippen molar-refractivity contribution in [1.82, 2.24) is 9.80 Å². The first-order valence-electron chi connectivity index (χ1n) is 8.11. The van der Waals surface area contributed by atoms with Gasteiger partial charge in [-0.1, -0.05) is 6.92 Å². The van der Waals surface area contributed by atoms with Crippen molar-refractivity contribution >= 4 is 11.9 Å². The lowest BCUT2D eigenvalue weighted by Gasteiger charge is -2.41. The molecule has 5 heteroatoms. The van der Waals surface area contributed by atoms with Crippen LogP contribution in [-0.2, 0) is 9.59 Å². The van der Waals surface area contributed by atoms with Crippen LogP contribution in [0.3, 0.4) is 0 Å². The Morgan fingerprint density at radius 2 is 1.90 bits per heavy atom. The molecule has 0 bridgehead atoms. The SMILES string of the molecule is CC1CC(=O)N(CCC2CCN(C)CC2)C(C)C1C(=O)O. The largest absolute Gasteiger partial charge is 0.481 e. The number of hydrogen-bond donors (Lipinski definition) is 1. The fourth-order valence-electron chi connectivity index (χ4n) is 3.87. The molecule has 1 N–H and O–H groups in total. The van der Waals surface area contributed by atoms with Crippen molar-refractivity contribution < 1.29 is 14.7 Å². The maximum atomic E-state index is 12.2. The second kappa shape index (κ2) is 6.77. The summed E-state index contributed by atoms with van der Waals surface area (Å²) >= 11 is 0. The second-order valence-corrected chi connectivity index (χ2v) is 6.91. The van der Waals surface area contributed by atoms with Gasteiger partial charge in [0.1, 0.15) is 0 Å². The third-order valence-corrected chi connectivity index (χ3v) is 5.34. The Morgan fingerprint density at radius 1 is 1.29 bits per heavy atom. The molecule has 21 heavy (non-hydrogen) atoms. The van der Waals surface area contributed by atoms with Crippen LogP contribution in [0.1, 0.15) is 39.5 Å². The summed E-state index contributed by atoms with van der Waals surface area (Å²) in [5, 5.41) is 9.39. The molecule has 2 saturated heterocycles. The molecule has 5 nitrogen and oxygen atoms in total. The van der Waals surface area contributed by atoms with Gasteiger partial charge in [0.05, 0.1) is 5.92 Å². The minimum Gasteiger partial charge on any atom is -0.481 e. The van der Waals surface area contributed by atoms with E-state index in [1.165, 1.54) is 12.8 Å². The summed E-state index contributed by atoms with van der Waals surface area (Å²) in [7, 11) is 2.14. The number of carboxylic acid groups (broad SMARTS) is 1. The van der Waals surface area contributed by atoms with Crippen LogP contribution in [0.2, 0.25) is 0 Å². The van der Waals surface area contributed by atoms with Crippen molar-refractivity contribution in [1.29, 1.82) is 0 Å². The predicted octanol–water partition coefficient (Wildman–Crippen LogP) is 1.68. The Morgan fingerprint density at radius 3 is 2.48 bits per heavy atom. The van der Waals surface area contributed by atoms with Gasteiger partial charge < -0.3 is 14.9 Å². The van der Waals surface area contributed by atoms with Gasteiger partial charge in [-0.3, -0.25) is 9.59 Å². The second-order valence-electron chi connectivity index (χ2n) is 6.91. The number of carbonyl (C=O) groups excluding carboxylic acids is 1. The first kappa shape index (κ1) is 16.3. The van der Waals surface area contributed by atoms with Crippen LogP contribution in [0.25, 0.3) is 0 Å². The topological polar surface area (TPSA) is 60.9 Å². The number of rotatable bonds is 4. The molecular formula is C16H28N2O3. The summed E-state index contributed by atoms with van der Waals surface area (Å²) in [6, 6.07) is -0.190. The van der Waals surface area contributed by atoms with Gasteiger partial charge in [0, 0.05) is 19.0 Å². The van der Waals surface area contributed by atoms with E-state index in [-0.39, 0.29) is 17.9 Å². The molecule has 0 aromatic carbocycles. The molecule has 1 amide bonds. The highest BCUT2D eigenvalue weighted by molar-refractivity contribution is 5.81. The van der Waals surface area contributed by atoms with Crippen molar-refractivity contribution in [3.63, 3.8) is 0 Å². The van der Waals surface area contributed by atoms with E-state index >= 15 is 0 Å². The standard InChI is InChI=1S/C16H28N2O3/c1-11-10-14(19)18(12(2)15(11)16(20)21)9-6-13-4-7-17(3)8-5-13/h11-13,15H,4-10H2,1-3H3,(H,20,21). The number of hydrogen-bond acceptors (Lipinski definition) is 3. The normalized spacial score (nSPS) is 32.4. The molecule has 2 heterocycles. The highest BCUT2D eigenvalue weighted by Gasteiger charge is 2.41. The molecule has 2 rings (SSSR count). The molecule has 0 aromatic rings. The van der Waals surface area contributed by atoms with Crippen LogP contribution in [0.5, 0.6) is 0 Å². The van der Waals surface area contributed by atoms with Crippen LogP contribution in [0.4, 0.5) is 0 Å². The molecule has 3 atom stereocenters. The predicted molar refractivity (Wildman–Crippen MR) is 80.9 cm³/mol. The molecule has 0 spiro atoms. The number of carboxylic acids is 1. The van der Waals surface area contributed by atoms with Gasteiger partial charge in [-0.05, 0) is 58.2 Å². The first-order chi connectivity index (χ1) is 9.90. The Hall–Kier alpha value is -1.10. The highest BCUT2D eigenvalue weighted by atomic mass is 16.4. The molecule has 2 fully saturated rings. The smallest absolute Gasteiger partial charge is 0.308 e. The van der Waals surface area contributed by atoms with E-state index in [1.54, 1.807) is 0 Å². The summed E-state index contributed by atoms with van der Waals surface area (Å²) in [4.78, 5) is 27.8. The van der Waals surface area contributed by atoms with E-state index in [9.17, 15) is 14.7 Å². The van der Waals surface area contributed by atoms with Crippen LogP contribution in [0.15, 0.2) is 0 Å². The van der Waals surface area contributed by atoms with Crippen molar-refractivity contribution in [2.45, 2.75) is 45.6 Å². The van der Waals surface area contributed by atoms with E-state index in [1.807, 2.05) is 18.7 Å². The zero-order valence-electron chi connectivity index (χ0n) is 13.4. The average molecular weight is 296 g/mol. The van der Waals surface area contributed by atoms with E-state index in [0.717, 1.165) is 19.5 Å². The molecule has 2 aliphatic rings. The minimum absolute atomic E-state index is 0.0652. The van der Waals surface area contributed by atoms with Crippen LogP contribution in [-0.4, -0.2) is 59.5 Å². The molecule has 0 aromatic heterocycles. The van der Waals surface area contributed by atoms with E-state index in [0.29, 0.717) is 18.9 Å². The lowest BCUT2D eigenvalue weighted by molar-refractivity contribution is -0.154. The minimum atomic E-state index is -0.771. The van der Waals surface area contributed by atoms with Crippen molar-refractivity contribution in [3.8, 4) is 0 Å². The number of carbonyl (C=O) groups is 2. The first-order valence-corrected chi connectivity index (χ1v) is 8.11. The zero-order chi connectivity index (χ0) is 15.6. The number of amides is 1. The lowest BCUT2D eigenvalue weighted by atomic mass is 9.80. The number of piperidine rings is 2. The summed E-state index contributed by atoms with van der Waals surface area (Å²) < 4.78 is 0. The summed E-state index contributed by atoms with van der Waals surface area (Å²) in [6.07, 6.45) is 3.75. The quantitative estimate of drug-likeness (QED) is 0.857. The van der Waals surface area contributed by atoms with Crippen molar-refractivity contribution in [3.05, 3.63) is 0 Å². The maximum Gasteiger partial charge on any atom is 0.308 e. The zero-order valence-corrected chi connectivity index (χ0v) is 13.4. The number of nitrogens with zero attached hydrogens (tertiary/aromatic N) is 2. The Labute approximate surface area is 127 Å². The van der Waals surface area contributed by atoms with Gasteiger partial charge in [-0.25, -0.2) is 0 Å². The highest BCUT2D eigenvalue weighted by Crippen LogP contribution is 2.31. The van der Waals surface area contributed by atoms with Crippen LogP contribution >= 0.6 is 0 Å². The van der Waals surface area contributed by atoms with Gasteiger partial charge in [-0.15, -0.1) is 0 Å². The Bertz CT molecular complexity index is 391. The van der Waals surface area contributed by atoms with Gasteiger partial charge in [0.25, 0.3) is 0 Å². The summed E-state index contributed by atoms with van der Waals surface area (Å²) in [5.41, 5.74) is 0. The molecule has 3 unspecified atom stereocenters. The van der Waals surface area contributed by atoms with Gasteiger partial charge in [0.2, 0.25) is 5.91 Å². The van der Waals surface area contributed by atoms with E-state index in [4.69, 9.17) is 0 Å². The Kier molecular flexibility index (Phi) is 5.25. The molecule has 0 saturated carbocycles. The molecule has 120 valence electrons. The van der Waals surface area contributed by atoms with Gasteiger partial charge in [0.15, 0.2) is 0 Å². The molecule has 0 aliphatic carbocycles. The van der Waals surface area contributed by atoms with E-state index < -0.39 is 11.9 Å². The third kappa shape index (κ3) is 3.76. The molecule has 0 radical (unpaired) electrons. The monoisotopic (exact) mass is 296 g/mol. The lowest BCUT2D eigenvalue weighted by Crippen LogP contribution is -2.53. The van der Waals surface area contributed by atoms with Gasteiger partial charge in [-0.2, -0.15) is 0 Å². The third-order valence-electron chi connectivity index (χ3n) is 5.34. The Balaban J connectivity index is 1.91. The van der Waals surface area contributed by atoms with Crippen LogP contribution < -0.4 is 0 Å². The fraction of sp³-hybridized carbons (Fsp3) is 0.875. The summed E-state index contributed by atoms with van der Waals surface area (Å²) in [5.74, 6) is -0.471. The van der Waals surface area contributed by atoms with Gasteiger partial charge >= 0.3 is 5.97 Å². The van der Waals surface area contributed by atoms with Crippen LogP contribution in [0, 0.1) is 17.8 Å².